The highest BCUT2D eigenvalue weighted by molar-refractivity contribution is 6.00. The van der Waals surface area contributed by atoms with Crippen LogP contribution >= 0.6 is 0 Å². The molecule has 0 N–H and O–H groups in total. The van der Waals surface area contributed by atoms with Gasteiger partial charge >= 0.3 is 0 Å². The van der Waals surface area contributed by atoms with Gasteiger partial charge < -0.3 is 14.3 Å². The Labute approximate surface area is 184 Å². The van der Waals surface area contributed by atoms with Gasteiger partial charge in [-0.1, -0.05) is 59.8 Å². The minimum absolute atomic E-state index is 0.103. The largest absolute Gasteiger partial charge is 0.366 e. The summed E-state index contributed by atoms with van der Waals surface area (Å²) in [5.74, 6) is 0.427. The molecule has 1 fully saturated rings. The van der Waals surface area contributed by atoms with Crippen LogP contribution in [0.2, 0.25) is 0 Å². The maximum absolute atomic E-state index is 14.1. The van der Waals surface area contributed by atoms with Crippen molar-refractivity contribution >= 4 is 11.6 Å². The monoisotopic (exact) mass is 428 g/mol. The Morgan fingerprint density at radius 3 is 2.31 bits per heavy atom. The van der Waals surface area contributed by atoms with Crippen LogP contribution in [0.1, 0.15) is 10.4 Å². The van der Waals surface area contributed by atoms with Crippen molar-refractivity contribution in [3.05, 3.63) is 90.2 Å². The predicted molar refractivity (Wildman–Crippen MR) is 120 cm³/mol. The number of anilines is 1. The molecular formula is C25H21FN4O2. The van der Waals surface area contributed by atoms with E-state index in [4.69, 9.17) is 4.52 Å². The third kappa shape index (κ3) is 3.85. The van der Waals surface area contributed by atoms with Gasteiger partial charge in [-0.05, 0) is 24.3 Å². The topological polar surface area (TPSA) is 62.5 Å². The Bertz CT molecular complexity index is 1230. The average Bonchev–Trinajstić information content (AvgIpc) is 3.35. The summed E-state index contributed by atoms with van der Waals surface area (Å²) < 4.78 is 19.6. The minimum atomic E-state index is -0.247. The number of para-hydroxylation sites is 1. The molecule has 0 bridgehead atoms. The van der Waals surface area contributed by atoms with Crippen LogP contribution in [0.5, 0.6) is 0 Å². The lowest BCUT2D eigenvalue weighted by atomic mass is 10.1. The molecule has 5 rings (SSSR count). The van der Waals surface area contributed by atoms with Crippen LogP contribution in [0.3, 0.4) is 0 Å². The van der Waals surface area contributed by atoms with Crippen molar-refractivity contribution in [1.82, 2.24) is 15.0 Å². The van der Waals surface area contributed by atoms with E-state index < -0.39 is 0 Å². The molecule has 3 aromatic carbocycles. The van der Waals surface area contributed by atoms with Gasteiger partial charge in [0.1, 0.15) is 5.82 Å². The summed E-state index contributed by atoms with van der Waals surface area (Å²) in [5.41, 5.74) is 2.52. The van der Waals surface area contributed by atoms with E-state index in [-0.39, 0.29) is 11.7 Å². The van der Waals surface area contributed by atoms with E-state index in [0.717, 1.165) is 5.56 Å². The van der Waals surface area contributed by atoms with Gasteiger partial charge in [0.2, 0.25) is 5.82 Å². The summed E-state index contributed by atoms with van der Waals surface area (Å²) in [6.45, 7) is 2.13. The Balaban J connectivity index is 1.35. The van der Waals surface area contributed by atoms with Crippen LogP contribution in [-0.2, 0) is 0 Å². The number of piperazine rings is 1. The summed E-state index contributed by atoms with van der Waals surface area (Å²) >= 11 is 0. The zero-order chi connectivity index (χ0) is 21.9. The van der Waals surface area contributed by atoms with Crippen molar-refractivity contribution in [2.24, 2.45) is 0 Å². The minimum Gasteiger partial charge on any atom is -0.366 e. The van der Waals surface area contributed by atoms with E-state index in [1.54, 1.807) is 23.1 Å². The highest BCUT2D eigenvalue weighted by Crippen LogP contribution is 2.27. The lowest BCUT2D eigenvalue weighted by Crippen LogP contribution is -2.49. The lowest BCUT2D eigenvalue weighted by molar-refractivity contribution is 0.0747. The van der Waals surface area contributed by atoms with Crippen molar-refractivity contribution in [2.75, 3.05) is 31.1 Å². The molecule has 0 aliphatic carbocycles. The summed E-state index contributed by atoms with van der Waals surface area (Å²) in [6, 6.07) is 23.5. The smallest absolute Gasteiger partial charge is 0.259 e. The Hall–Kier alpha value is -4.00. The van der Waals surface area contributed by atoms with E-state index >= 15 is 0 Å². The van der Waals surface area contributed by atoms with Gasteiger partial charge in [-0.2, -0.15) is 4.98 Å². The third-order valence-electron chi connectivity index (χ3n) is 5.61. The SMILES string of the molecule is O=C(c1ccccc1-c1nc(-c2ccccc2)no1)N1CCN(c2ccccc2F)CC1. The van der Waals surface area contributed by atoms with E-state index in [0.29, 0.717) is 54.7 Å². The van der Waals surface area contributed by atoms with Gasteiger partial charge in [-0.25, -0.2) is 4.39 Å². The second-order valence-corrected chi connectivity index (χ2v) is 7.57. The molecule has 1 aromatic heterocycles. The molecule has 7 heteroatoms. The number of rotatable bonds is 4. The van der Waals surface area contributed by atoms with Crippen molar-refractivity contribution in [1.29, 1.82) is 0 Å². The van der Waals surface area contributed by atoms with Gasteiger partial charge in [0.05, 0.1) is 16.8 Å². The van der Waals surface area contributed by atoms with Crippen LogP contribution < -0.4 is 4.90 Å². The van der Waals surface area contributed by atoms with Crippen molar-refractivity contribution in [3.8, 4) is 22.8 Å². The number of benzene rings is 3. The zero-order valence-electron chi connectivity index (χ0n) is 17.3. The fourth-order valence-electron chi connectivity index (χ4n) is 3.92. The average molecular weight is 428 g/mol. The quantitative estimate of drug-likeness (QED) is 0.479. The first-order chi connectivity index (χ1) is 15.7. The second kappa shape index (κ2) is 8.63. The molecule has 1 saturated heterocycles. The normalized spacial score (nSPS) is 13.9. The summed E-state index contributed by atoms with van der Waals surface area (Å²) in [4.78, 5) is 21.6. The highest BCUT2D eigenvalue weighted by atomic mass is 19.1. The molecule has 0 radical (unpaired) electrons. The molecule has 1 aliphatic heterocycles. The molecule has 0 unspecified atom stereocenters. The second-order valence-electron chi connectivity index (χ2n) is 7.57. The standard InChI is InChI=1S/C25H21FN4O2/c26-21-12-6-7-13-22(21)29-14-16-30(17-15-29)25(31)20-11-5-4-10-19(20)24-27-23(28-32-24)18-8-2-1-3-9-18/h1-13H,14-17H2. The number of hydrogen-bond donors (Lipinski definition) is 0. The first-order valence-electron chi connectivity index (χ1n) is 10.5. The van der Waals surface area contributed by atoms with E-state index in [1.165, 1.54) is 6.07 Å². The van der Waals surface area contributed by atoms with E-state index in [1.807, 2.05) is 59.5 Å². The van der Waals surface area contributed by atoms with Gasteiger partial charge in [-0.3, -0.25) is 4.79 Å². The van der Waals surface area contributed by atoms with Gasteiger partial charge in [-0.15, -0.1) is 0 Å². The molecular weight excluding hydrogens is 407 g/mol. The molecule has 160 valence electrons. The third-order valence-corrected chi connectivity index (χ3v) is 5.61. The Morgan fingerprint density at radius 2 is 1.53 bits per heavy atom. The van der Waals surface area contributed by atoms with Crippen molar-refractivity contribution < 1.29 is 13.7 Å². The first kappa shape index (κ1) is 19.9. The van der Waals surface area contributed by atoms with Crippen LogP contribution in [-0.4, -0.2) is 47.1 Å². The number of aromatic nitrogens is 2. The molecule has 0 spiro atoms. The number of hydrogen-bond acceptors (Lipinski definition) is 5. The first-order valence-corrected chi connectivity index (χ1v) is 10.5. The van der Waals surface area contributed by atoms with Crippen LogP contribution in [0.25, 0.3) is 22.8 Å². The molecule has 32 heavy (non-hydrogen) atoms. The molecule has 0 saturated carbocycles. The van der Waals surface area contributed by atoms with Crippen LogP contribution in [0.15, 0.2) is 83.4 Å². The van der Waals surface area contributed by atoms with Crippen LogP contribution in [0.4, 0.5) is 10.1 Å². The maximum Gasteiger partial charge on any atom is 0.259 e. The van der Waals surface area contributed by atoms with Gasteiger partial charge in [0, 0.05) is 31.7 Å². The molecule has 1 amide bonds. The Kier molecular flexibility index (Phi) is 5.37. The van der Waals surface area contributed by atoms with Gasteiger partial charge in [0.15, 0.2) is 0 Å². The number of carbonyl (C=O) groups is 1. The predicted octanol–water partition coefficient (Wildman–Crippen LogP) is 4.51. The van der Waals surface area contributed by atoms with Gasteiger partial charge in [0.25, 0.3) is 11.8 Å². The highest BCUT2D eigenvalue weighted by Gasteiger charge is 2.26. The number of amides is 1. The number of halogens is 1. The van der Waals surface area contributed by atoms with Crippen LogP contribution in [0, 0.1) is 5.82 Å². The van der Waals surface area contributed by atoms with E-state index in [2.05, 4.69) is 10.1 Å². The van der Waals surface area contributed by atoms with Crippen molar-refractivity contribution in [3.63, 3.8) is 0 Å². The Morgan fingerprint density at radius 1 is 0.844 bits per heavy atom. The molecule has 6 nitrogen and oxygen atoms in total. The molecule has 0 atom stereocenters. The summed E-state index contributed by atoms with van der Waals surface area (Å²) in [7, 11) is 0. The fraction of sp³-hybridized carbons (Fsp3) is 0.160. The lowest BCUT2D eigenvalue weighted by Gasteiger charge is -2.36. The number of nitrogens with zero attached hydrogens (tertiary/aromatic N) is 4. The molecule has 4 aromatic rings. The molecule has 1 aliphatic rings. The molecule has 2 heterocycles. The zero-order valence-corrected chi connectivity index (χ0v) is 17.3. The fourth-order valence-corrected chi connectivity index (χ4v) is 3.92. The summed E-state index contributed by atoms with van der Waals surface area (Å²) in [5, 5.41) is 4.07. The van der Waals surface area contributed by atoms with Crippen molar-refractivity contribution in [2.45, 2.75) is 0 Å². The summed E-state index contributed by atoms with van der Waals surface area (Å²) in [6.07, 6.45) is 0. The maximum atomic E-state index is 14.1. The van der Waals surface area contributed by atoms with E-state index in [9.17, 15) is 9.18 Å². The number of carbonyl (C=O) groups excluding carboxylic acids is 1.